The van der Waals surface area contributed by atoms with Gasteiger partial charge in [-0.2, -0.15) is 0 Å². The topological polar surface area (TPSA) is 102 Å². The van der Waals surface area contributed by atoms with Gasteiger partial charge in [-0.3, -0.25) is 14.4 Å². The molecule has 0 aromatic heterocycles. The highest BCUT2D eigenvalue weighted by atomic mass is 19.1. The lowest BCUT2D eigenvalue weighted by molar-refractivity contribution is -0.136. The molecule has 0 saturated heterocycles. The Kier molecular flexibility index (Phi) is 8.96. The van der Waals surface area contributed by atoms with E-state index in [9.17, 15) is 23.9 Å². The Labute approximate surface area is 233 Å². The van der Waals surface area contributed by atoms with Gasteiger partial charge in [0, 0.05) is 30.4 Å². The van der Waals surface area contributed by atoms with Crippen molar-refractivity contribution in [3.8, 4) is 0 Å². The van der Waals surface area contributed by atoms with E-state index >= 15 is 0 Å². The lowest BCUT2D eigenvalue weighted by Gasteiger charge is -2.19. The number of aliphatic carboxylic acids is 1. The number of nitrogens with zero attached hydrogens (tertiary/aromatic N) is 2. The maximum absolute atomic E-state index is 13.9. The Hall–Kier alpha value is -4.50. The van der Waals surface area contributed by atoms with E-state index in [1.165, 1.54) is 12.1 Å². The van der Waals surface area contributed by atoms with Crippen molar-refractivity contribution in [3.05, 3.63) is 89.2 Å². The number of carboxylic acid groups (broad SMARTS) is 1. The van der Waals surface area contributed by atoms with Gasteiger partial charge in [-0.1, -0.05) is 18.2 Å². The number of carbonyl (C=O) groups excluding carboxylic acids is 2. The molecule has 0 radical (unpaired) electrons. The highest BCUT2D eigenvalue weighted by Gasteiger charge is 2.29. The third-order valence-electron chi connectivity index (χ3n) is 6.69. The predicted octanol–water partition coefficient (Wildman–Crippen LogP) is 5.08. The van der Waals surface area contributed by atoms with Crippen LogP contribution in [-0.2, 0) is 20.8 Å². The zero-order valence-corrected chi connectivity index (χ0v) is 22.8. The summed E-state index contributed by atoms with van der Waals surface area (Å²) < 4.78 is 13.9. The molecular weight excluding hydrogens is 511 g/mol. The molecule has 4 rings (SSSR count). The summed E-state index contributed by atoms with van der Waals surface area (Å²) >= 11 is 0. The average Bonchev–Trinajstić information content (AvgIpc) is 3.23. The standard InChI is InChI=1S/C31H33FN4O4/c1-35(2)16-5-4-9-27(37)36(3)24-13-11-23(12-14-24)33-30(21-8-6-7-20(17-21)18-28(38)39)29-25-15-10-22(32)19-26(25)34-31(29)40/h6-8,10-15,17,19,33H,4-5,9,16,18H2,1-3H3,(H,34,40)(H,38,39). The van der Waals surface area contributed by atoms with E-state index in [0.717, 1.165) is 25.1 Å². The molecule has 208 valence electrons. The lowest BCUT2D eigenvalue weighted by atomic mass is 9.98. The first-order valence-corrected chi connectivity index (χ1v) is 13.1. The quantitative estimate of drug-likeness (QED) is 0.230. The van der Waals surface area contributed by atoms with Crippen LogP contribution in [0.25, 0.3) is 11.3 Å². The SMILES string of the molecule is CN(C)CCCCC(=O)N(C)c1ccc(NC(=C2C(=O)Nc3cc(F)ccc32)c2cccc(CC(=O)O)c2)cc1. The molecule has 1 heterocycles. The van der Waals surface area contributed by atoms with E-state index in [4.69, 9.17) is 0 Å². The van der Waals surface area contributed by atoms with E-state index in [0.29, 0.717) is 45.8 Å². The van der Waals surface area contributed by atoms with Gasteiger partial charge in [-0.05, 0) is 93.1 Å². The number of hydrogen-bond acceptors (Lipinski definition) is 5. The Morgan fingerprint density at radius 3 is 2.42 bits per heavy atom. The van der Waals surface area contributed by atoms with Crippen LogP contribution in [0.3, 0.4) is 0 Å². The number of hydrogen-bond donors (Lipinski definition) is 3. The fraction of sp³-hybridized carbons (Fsp3) is 0.258. The summed E-state index contributed by atoms with van der Waals surface area (Å²) in [4.78, 5) is 40.8. The summed E-state index contributed by atoms with van der Waals surface area (Å²) in [5, 5.41) is 15.3. The molecule has 0 atom stereocenters. The molecule has 9 heteroatoms. The molecule has 3 aromatic carbocycles. The highest BCUT2D eigenvalue weighted by Crippen LogP contribution is 2.38. The fourth-order valence-electron chi connectivity index (χ4n) is 4.61. The predicted molar refractivity (Wildman–Crippen MR) is 156 cm³/mol. The van der Waals surface area contributed by atoms with Crippen LogP contribution in [0.4, 0.5) is 21.5 Å². The number of rotatable bonds is 11. The van der Waals surface area contributed by atoms with Gasteiger partial charge in [0.1, 0.15) is 5.82 Å². The molecule has 0 unspecified atom stereocenters. The molecule has 0 spiro atoms. The largest absolute Gasteiger partial charge is 0.481 e. The van der Waals surface area contributed by atoms with Crippen molar-refractivity contribution in [1.82, 2.24) is 4.90 Å². The minimum absolute atomic E-state index is 0.0315. The third kappa shape index (κ3) is 6.92. The minimum atomic E-state index is -0.967. The number of halogens is 1. The number of carbonyl (C=O) groups is 3. The van der Waals surface area contributed by atoms with Crippen molar-refractivity contribution in [3.63, 3.8) is 0 Å². The number of benzene rings is 3. The van der Waals surface area contributed by atoms with Crippen molar-refractivity contribution in [1.29, 1.82) is 0 Å². The Morgan fingerprint density at radius 2 is 1.73 bits per heavy atom. The molecular formula is C31H33FN4O4. The average molecular weight is 545 g/mol. The lowest BCUT2D eigenvalue weighted by Crippen LogP contribution is -2.26. The first-order chi connectivity index (χ1) is 19.1. The summed E-state index contributed by atoms with van der Waals surface area (Å²) in [6.07, 6.45) is 2.05. The first kappa shape index (κ1) is 28.5. The molecule has 0 saturated carbocycles. The van der Waals surface area contributed by atoms with Crippen LogP contribution in [0, 0.1) is 5.82 Å². The molecule has 8 nitrogen and oxygen atoms in total. The number of carboxylic acids is 1. The van der Waals surface area contributed by atoms with Crippen molar-refractivity contribution in [2.24, 2.45) is 0 Å². The number of unbranched alkanes of at least 4 members (excludes halogenated alkanes) is 1. The number of amides is 2. The van der Waals surface area contributed by atoms with Crippen LogP contribution < -0.4 is 15.5 Å². The molecule has 3 aromatic rings. The van der Waals surface area contributed by atoms with Gasteiger partial charge in [-0.15, -0.1) is 0 Å². The van der Waals surface area contributed by atoms with Crippen molar-refractivity contribution in [2.45, 2.75) is 25.7 Å². The summed E-state index contributed by atoms with van der Waals surface area (Å²) in [7, 11) is 5.77. The summed E-state index contributed by atoms with van der Waals surface area (Å²) in [6, 6.07) is 18.3. The Balaban J connectivity index is 1.63. The van der Waals surface area contributed by atoms with Crippen LogP contribution in [-0.4, -0.2) is 55.5 Å². The minimum Gasteiger partial charge on any atom is -0.481 e. The number of nitrogens with one attached hydrogen (secondary N) is 2. The second-order valence-corrected chi connectivity index (χ2v) is 10.0. The molecule has 1 aliphatic heterocycles. The molecule has 1 aliphatic rings. The zero-order chi connectivity index (χ0) is 28.8. The highest BCUT2D eigenvalue weighted by molar-refractivity contribution is 6.37. The molecule has 0 bridgehead atoms. The smallest absolute Gasteiger partial charge is 0.307 e. The van der Waals surface area contributed by atoms with Gasteiger partial charge in [0.05, 0.1) is 23.4 Å². The fourth-order valence-corrected chi connectivity index (χ4v) is 4.61. The van der Waals surface area contributed by atoms with E-state index < -0.39 is 17.7 Å². The van der Waals surface area contributed by atoms with Crippen LogP contribution in [0.1, 0.15) is 36.0 Å². The number of fused-ring (bicyclic) bond motifs is 1. The third-order valence-corrected chi connectivity index (χ3v) is 6.69. The van der Waals surface area contributed by atoms with Crippen LogP contribution >= 0.6 is 0 Å². The van der Waals surface area contributed by atoms with Crippen molar-refractivity contribution >= 4 is 46.1 Å². The maximum Gasteiger partial charge on any atom is 0.307 e. The second kappa shape index (κ2) is 12.6. The molecule has 0 aliphatic carbocycles. The maximum atomic E-state index is 13.9. The normalized spacial score (nSPS) is 13.6. The summed E-state index contributed by atoms with van der Waals surface area (Å²) in [6.45, 7) is 0.936. The zero-order valence-electron chi connectivity index (χ0n) is 22.8. The van der Waals surface area contributed by atoms with Gasteiger partial charge in [-0.25, -0.2) is 4.39 Å². The van der Waals surface area contributed by atoms with Gasteiger partial charge >= 0.3 is 5.97 Å². The first-order valence-electron chi connectivity index (χ1n) is 13.1. The van der Waals surface area contributed by atoms with Crippen molar-refractivity contribution < 1.29 is 23.9 Å². The molecule has 0 fully saturated rings. The van der Waals surface area contributed by atoms with Crippen LogP contribution in [0.15, 0.2) is 66.7 Å². The summed E-state index contributed by atoms with van der Waals surface area (Å²) in [5.41, 5.74) is 4.24. The van der Waals surface area contributed by atoms with E-state index in [-0.39, 0.29) is 12.3 Å². The van der Waals surface area contributed by atoms with E-state index in [2.05, 4.69) is 15.5 Å². The van der Waals surface area contributed by atoms with Gasteiger partial charge in [0.15, 0.2) is 0 Å². The van der Waals surface area contributed by atoms with E-state index in [1.54, 1.807) is 42.3 Å². The molecule has 2 amide bonds. The van der Waals surface area contributed by atoms with Crippen LogP contribution in [0.5, 0.6) is 0 Å². The van der Waals surface area contributed by atoms with Crippen LogP contribution in [0.2, 0.25) is 0 Å². The molecule has 40 heavy (non-hydrogen) atoms. The van der Waals surface area contributed by atoms with Gasteiger partial charge in [0.25, 0.3) is 5.91 Å². The van der Waals surface area contributed by atoms with E-state index in [1.807, 2.05) is 38.4 Å². The Morgan fingerprint density at radius 1 is 0.975 bits per heavy atom. The second-order valence-electron chi connectivity index (χ2n) is 10.0. The monoisotopic (exact) mass is 544 g/mol. The van der Waals surface area contributed by atoms with Gasteiger partial charge < -0.3 is 25.5 Å². The van der Waals surface area contributed by atoms with Crippen molar-refractivity contribution in [2.75, 3.05) is 43.2 Å². The van der Waals surface area contributed by atoms with Gasteiger partial charge in [0.2, 0.25) is 5.91 Å². The number of anilines is 3. The molecule has 3 N–H and O–H groups in total. The Bertz CT molecular complexity index is 1450. The summed E-state index contributed by atoms with van der Waals surface area (Å²) in [5.74, 6) is -1.80.